The summed E-state index contributed by atoms with van der Waals surface area (Å²) in [4.78, 5) is 11.7. The van der Waals surface area contributed by atoms with Gasteiger partial charge in [0.2, 0.25) is 0 Å². The van der Waals surface area contributed by atoms with Crippen LogP contribution in [0.2, 0.25) is 0 Å². The Morgan fingerprint density at radius 1 is 1.58 bits per heavy atom. The molecular formula is C8H15NO3. The van der Waals surface area contributed by atoms with Gasteiger partial charge in [-0.25, -0.2) is 0 Å². The monoisotopic (exact) mass is 173 g/mol. The molecule has 1 N–H and O–H groups in total. The molecule has 0 unspecified atom stereocenters. The first-order valence-electron chi connectivity index (χ1n) is 4.32. The fourth-order valence-corrected chi connectivity index (χ4v) is 1.38. The van der Waals surface area contributed by atoms with Crippen LogP contribution in [0.3, 0.4) is 0 Å². The predicted molar refractivity (Wildman–Crippen MR) is 40.6 cm³/mol. The molecule has 1 saturated heterocycles. The smallest absolute Gasteiger partial charge is 0.101 e. The Kier molecular flexibility index (Phi) is 3.49. The minimum absolute atomic E-state index is 0.349. The predicted octanol–water partition coefficient (Wildman–Crippen LogP) is -2.71. The van der Waals surface area contributed by atoms with Gasteiger partial charge >= 0.3 is 0 Å². The summed E-state index contributed by atoms with van der Waals surface area (Å²) in [7, 11) is 0. The van der Waals surface area contributed by atoms with Crippen LogP contribution in [-0.2, 0) is 9.53 Å². The number of hydrogen-bond acceptors (Lipinski definition) is 3. The second-order valence-corrected chi connectivity index (χ2v) is 3.29. The van der Waals surface area contributed by atoms with Crippen molar-refractivity contribution in [3.8, 4) is 0 Å². The number of aliphatic carboxylic acids is 1. The average Bonchev–Trinajstić information content (AvgIpc) is 2.06. The molecule has 1 atom stereocenters. The SMILES string of the molecule is C[C@H](C[NH+]1CCOCC1)C(=O)[O-]. The maximum Gasteiger partial charge on any atom is 0.101 e. The van der Waals surface area contributed by atoms with Crippen LogP contribution in [0.5, 0.6) is 0 Å². The summed E-state index contributed by atoms with van der Waals surface area (Å²) in [6.07, 6.45) is 0. The molecule has 4 heteroatoms. The van der Waals surface area contributed by atoms with E-state index < -0.39 is 5.97 Å². The first-order valence-corrected chi connectivity index (χ1v) is 4.32. The van der Waals surface area contributed by atoms with E-state index >= 15 is 0 Å². The van der Waals surface area contributed by atoms with E-state index in [2.05, 4.69) is 0 Å². The lowest BCUT2D eigenvalue weighted by atomic mass is 10.1. The van der Waals surface area contributed by atoms with Crippen LogP contribution >= 0.6 is 0 Å². The van der Waals surface area contributed by atoms with E-state index in [1.165, 1.54) is 4.90 Å². The number of hydrogen-bond donors (Lipinski definition) is 1. The van der Waals surface area contributed by atoms with Crippen LogP contribution in [0.1, 0.15) is 6.92 Å². The normalized spacial score (nSPS) is 22.1. The Bertz CT molecular complexity index is 154. The molecule has 0 radical (unpaired) electrons. The summed E-state index contributed by atoms with van der Waals surface area (Å²) in [6, 6.07) is 0. The molecule has 1 rings (SSSR count). The zero-order valence-corrected chi connectivity index (χ0v) is 7.34. The summed E-state index contributed by atoms with van der Waals surface area (Å²) >= 11 is 0. The van der Waals surface area contributed by atoms with Crippen molar-refractivity contribution in [1.29, 1.82) is 0 Å². The molecule has 1 heterocycles. The molecule has 0 aromatic rings. The molecule has 0 saturated carbocycles. The molecule has 0 aromatic carbocycles. The average molecular weight is 173 g/mol. The fourth-order valence-electron chi connectivity index (χ4n) is 1.38. The lowest BCUT2D eigenvalue weighted by molar-refractivity contribution is -0.910. The third-order valence-corrected chi connectivity index (χ3v) is 2.20. The summed E-state index contributed by atoms with van der Waals surface area (Å²) in [5, 5.41) is 10.4. The van der Waals surface area contributed by atoms with Crippen LogP contribution in [0.25, 0.3) is 0 Å². The van der Waals surface area contributed by atoms with Crippen LogP contribution in [0, 0.1) is 5.92 Å². The van der Waals surface area contributed by atoms with Crippen molar-refractivity contribution >= 4 is 5.97 Å². The van der Waals surface area contributed by atoms with Gasteiger partial charge in [0, 0.05) is 11.9 Å². The number of rotatable bonds is 3. The van der Waals surface area contributed by atoms with Crippen LogP contribution in [0.15, 0.2) is 0 Å². The van der Waals surface area contributed by atoms with E-state index in [1.54, 1.807) is 6.92 Å². The largest absolute Gasteiger partial charge is 0.550 e. The van der Waals surface area contributed by atoms with Gasteiger partial charge in [-0.2, -0.15) is 0 Å². The van der Waals surface area contributed by atoms with E-state index in [1.807, 2.05) is 0 Å². The van der Waals surface area contributed by atoms with E-state index in [-0.39, 0.29) is 5.92 Å². The van der Waals surface area contributed by atoms with Gasteiger partial charge in [0.05, 0.1) is 19.8 Å². The quantitative estimate of drug-likeness (QED) is 0.505. The van der Waals surface area contributed by atoms with Gasteiger partial charge in [-0.15, -0.1) is 0 Å². The van der Waals surface area contributed by atoms with Gasteiger partial charge < -0.3 is 19.5 Å². The highest BCUT2D eigenvalue weighted by Crippen LogP contribution is 1.87. The first kappa shape index (κ1) is 9.48. The van der Waals surface area contributed by atoms with Crippen molar-refractivity contribution in [2.24, 2.45) is 5.92 Å². The minimum atomic E-state index is -0.950. The standard InChI is InChI=1S/C8H15NO3/c1-7(8(10)11)6-9-2-4-12-5-3-9/h7H,2-6H2,1H3,(H,10,11)/t7-/m1/s1. The third kappa shape index (κ3) is 2.79. The summed E-state index contributed by atoms with van der Waals surface area (Å²) in [5.41, 5.74) is 0. The van der Waals surface area contributed by atoms with Crippen molar-refractivity contribution in [2.45, 2.75) is 6.92 Å². The van der Waals surface area contributed by atoms with E-state index in [0.29, 0.717) is 6.54 Å². The van der Waals surface area contributed by atoms with Gasteiger partial charge in [-0.05, 0) is 0 Å². The lowest BCUT2D eigenvalue weighted by Crippen LogP contribution is -3.14. The molecule has 4 nitrogen and oxygen atoms in total. The van der Waals surface area contributed by atoms with Gasteiger partial charge in [-0.3, -0.25) is 0 Å². The summed E-state index contributed by atoms with van der Waals surface area (Å²) in [6.45, 7) is 5.67. The zero-order chi connectivity index (χ0) is 8.97. The van der Waals surface area contributed by atoms with Gasteiger partial charge in [0.25, 0.3) is 0 Å². The number of quaternary nitrogens is 1. The number of ether oxygens (including phenoxy) is 1. The Morgan fingerprint density at radius 2 is 2.17 bits per heavy atom. The van der Waals surface area contributed by atoms with E-state index in [4.69, 9.17) is 4.74 Å². The maximum absolute atomic E-state index is 10.4. The molecule has 1 aliphatic rings. The molecule has 0 aliphatic carbocycles. The van der Waals surface area contributed by atoms with Crippen molar-refractivity contribution in [2.75, 3.05) is 32.8 Å². The summed E-state index contributed by atoms with van der Waals surface area (Å²) in [5.74, 6) is -1.30. The fraction of sp³-hybridized carbons (Fsp3) is 0.875. The number of carbonyl (C=O) groups is 1. The van der Waals surface area contributed by atoms with Crippen LogP contribution < -0.4 is 10.0 Å². The molecular weight excluding hydrogens is 158 g/mol. The maximum atomic E-state index is 10.4. The highest BCUT2D eigenvalue weighted by molar-refractivity contribution is 5.67. The number of carboxylic acid groups (broad SMARTS) is 1. The molecule has 1 aliphatic heterocycles. The first-order chi connectivity index (χ1) is 5.70. The molecule has 12 heavy (non-hydrogen) atoms. The van der Waals surface area contributed by atoms with Crippen LogP contribution in [0.4, 0.5) is 0 Å². The molecule has 0 amide bonds. The minimum Gasteiger partial charge on any atom is -0.550 e. The van der Waals surface area contributed by atoms with Gasteiger partial charge in [-0.1, -0.05) is 6.92 Å². The second-order valence-electron chi connectivity index (χ2n) is 3.29. The second kappa shape index (κ2) is 4.42. The number of carboxylic acids is 1. The highest BCUT2D eigenvalue weighted by atomic mass is 16.5. The van der Waals surface area contributed by atoms with E-state index in [9.17, 15) is 9.90 Å². The topological polar surface area (TPSA) is 53.8 Å². The summed E-state index contributed by atoms with van der Waals surface area (Å²) < 4.78 is 5.16. The molecule has 0 aromatic heterocycles. The Morgan fingerprint density at radius 3 is 2.67 bits per heavy atom. The van der Waals surface area contributed by atoms with Crippen molar-refractivity contribution in [3.05, 3.63) is 0 Å². The van der Waals surface area contributed by atoms with Crippen LogP contribution in [-0.4, -0.2) is 38.8 Å². The Labute approximate surface area is 72.1 Å². The van der Waals surface area contributed by atoms with E-state index in [0.717, 1.165) is 26.3 Å². The number of nitrogens with one attached hydrogen (secondary N) is 1. The molecule has 1 fully saturated rings. The van der Waals surface area contributed by atoms with Crippen molar-refractivity contribution < 1.29 is 19.5 Å². The third-order valence-electron chi connectivity index (χ3n) is 2.20. The lowest BCUT2D eigenvalue weighted by Gasteiger charge is -2.26. The number of morpholine rings is 1. The molecule has 70 valence electrons. The number of carbonyl (C=O) groups excluding carboxylic acids is 1. The zero-order valence-electron chi connectivity index (χ0n) is 7.34. The van der Waals surface area contributed by atoms with Gasteiger partial charge in [0.15, 0.2) is 0 Å². The molecule has 0 bridgehead atoms. The van der Waals surface area contributed by atoms with Crippen molar-refractivity contribution in [3.63, 3.8) is 0 Å². The Balaban J connectivity index is 2.24. The highest BCUT2D eigenvalue weighted by Gasteiger charge is 2.17. The van der Waals surface area contributed by atoms with Crippen molar-refractivity contribution in [1.82, 2.24) is 0 Å². The Hall–Kier alpha value is -0.610. The molecule has 0 spiro atoms. The van der Waals surface area contributed by atoms with Gasteiger partial charge in [0.1, 0.15) is 13.1 Å².